The molecule has 114 valence electrons. The number of carbonyl (C=O) groups excluding carboxylic acids is 1. The highest BCUT2D eigenvalue weighted by Crippen LogP contribution is 2.22. The molecule has 21 heavy (non-hydrogen) atoms. The quantitative estimate of drug-likeness (QED) is 0.769. The van der Waals surface area contributed by atoms with Crippen molar-refractivity contribution in [3.8, 4) is 5.75 Å². The van der Waals surface area contributed by atoms with E-state index in [9.17, 15) is 4.79 Å². The standard InChI is InChI=1S/C15H20ClN3O2/c1-18(2)15(20)7-9-19-13-5-4-11(21-3)10-12(13)17-14(19)6-8-16/h4-5,10H,6-9H2,1-3H3. The Balaban J connectivity index is 2.34. The zero-order valence-electron chi connectivity index (χ0n) is 12.6. The largest absolute Gasteiger partial charge is 0.497 e. The molecule has 0 atom stereocenters. The lowest BCUT2D eigenvalue weighted by Gasteiger charge is -2.12. The van der Waals surface area contributed by atoms with Gasteiger partial charge in [-0.25, -0.2) is 4.98 Å². The van der Waals surface area contributed by atoms with E-state index >= 15 is 0 Å². The summed E-state index contributed by atoms with van der Waals surface area (Å²) in [7, 11) is 5.16. The van der Waals surface area contributed by atoms with Gasteiger partial charge in [0.1, 0.15) is 11.6 Å². The van der Waals surface area contributed by atoms with Gasteiger partial charge < -0.3 is 14.2 Å². The summed E-state index contributed by atoms with van der Waals surface area (Å²) in [6, 6.07) is 5.77. The van der Waals surface area contributed by atoms with Crippen molar-refractivity contribution in [1.82, 2.24) is 14.5 Å². The van der Waals surface area contributed by atoms with Crippen LogP contribution in [0.2, 0.25) is 0 Å². The van der Waals surface area contributed by atoms with E-state index in [1.807, 2.05) is 18.2 Å². The van der Waals surface area contributed by atoms with Crippen molar-refractivity contribution in [2.24, 2.45) is 0 Å². The van der Waals surface area contributed by atoms with Crippen LogP contribution in [0.5, 0.6) is 5.75 Å². The lowest BCUT2D eigenvalue weighted by molar-refractivity contribution is -0.128. The predicted molar refractivity (Wildman–Crippen MR) is 84.0 cm³/mol. The molecule has 1 aromatic carbocycles. The number of fused-ring (bicyclic) bond motifs is 1. The second-order valence-electron chi connectivity index (χ2n) is 5.01. The average Bonchev–Trinajstić information content (AvgIpc) is 2.81. The van der Waals surface area contributed by atoms with Gasteiger partial charge in [-0.2, -0.15) is 0 Å². The van der Waals surface area contributed by atoms with Gasteiger partial charge in [-0.05, 0) is 12.1 Å². The van der Waals surface area contributed by atoms with Gasteiger partial charge >= 0.3 is 0 Å². The predicted octanol–water partition coefficient (Wildman–Crippen LogP) is 2.30. The number of halogens is 1. The number of rotatable bonds is 6. The van der Waals surface area contributed by atoms with Crippen LogP contribution in [0.4, 0.5) is 0 Å². The third-order valence-electron chi connectivity index (χ3n) is 3.40. The number of aryl methyl sites for hydroxylation is 2. The van der Waals surface area contributed by atoms with Gasteiger partial charge in [0.25, 0.3) is 0 Å². The Labute approximate surface area is 129 Å². The van der Waals surface area contributed by atoms with Gasteiger partial charge in [0.2, 0.25) is 5.91 Å². The molecule has 0 spiro atoms. The number of ether oxygens (including phenoxy) is 1. The van der Waals surface area contributed by atoms with E-state index in [0.29, 0.717) is 25.3 Å². The minimum atomic E-state index is 0.0992. The molecule has 0 saturated heterocycles. The first kappa shape index (κ1) is 15.6. The molecule has 1 aromatic heterocycles. The number of carbonyl (C=O) groups is 1. The second-order valence-corrected chi connectivity index (χ2v) is 5.39. The van der Waals surface area contributed by atoms with Crippen LogP contribution in [-0.2, 0) is 17.8 Å². The van der Waals surface area contributed by atoms with Gasteiger partial charge in [0, 0.05) is 45.4 Å². The van der Waals surface area contributed by atoms with Crippen LogP contribution in [0.15, 0.2) is 18.2 Å². The third kappa shape index (κ3) is 3.47. The highest BCUT2D eigenvalue weighted by atomic mass is 35.5. The first-order valence-electron chi connectivity index (χ1n) is 6.86. The van der Waals surface area contributed by atoms with Crippen LogP contribution in [0.1, 0.15) is 12.2 Å². The Bertz CT molecular complexity index is 637. The van der Waals surface area contributed by atoms with Crippen molar-refractivity contribution in [1.29, 1.82) is 0 Å². The number of nitrogens with zero attached hydrogens (tertiary/aromatic N) is 3. The molecule has 6 heteroatoms. The maximum absolute atomic E-state index is 11.8. The molecule has 0 radical (unpaired) electrons. The molecule has 0 bridgehead atoms. The number of methoxy groups -OCH3 is 1. The molecule has 0 aliphatic heterocycles. The Morgan fingerprint density at radius 2 is 2.19 bits per heavy atom. The fraction of sp³-hybridized carbons (Fsp3) is 0.467. The van der Waals surface area contributed by atoms with Crippen molar-refractivity contribution in [2.75, 3.05) is 27.1 Å². The van der Waals surface area contributed by atoms with Crippen LogP contribution in [0, 0.1) is 0 Å². The van der Waals surface area contributed by atoms with Crippen LogP contribution in [0.3, 0.4) is 0 Å². The zero-order chi connectivity index (χ0) is 15.4. The van der Waals surface area contributed by atoms with Crippen LogP contribution in [-0.4, -0.2) is 47.4 Å². The number of alkyl halides is 1. The topological polar surface area (TPSA) is 47.4 Å². The van der Waals surface area contributed by atoms with Gasteiger partial charge in [-0.1, -0.05) is 0 Å². The van der Waals surface area contributed by atoms with E-state index in [-0.39, 0.29) is 5.91 Å². The Hall–Kier alpha value is -1.75. The van der Waals surface area contributed by atoms with E-state index in [1.54, 1.807) is 26.1 Å². The van der Waals surface area contributed by atoms with Gasteiger partial charge in [0.05, 0.1) is 18.1 Å². The molecule has 0 fully saturated rings. The summed E-state index contributed by atoms with van der Waals surface area (Å²) in [4.78, 5) is 18.0. The molecule has 0 N–H and O–H groups in total. The van der Waals surface area contributed by atoms with Crippen LogP contribution >= 0.6 is 11.6 Å². The first-order valence-corrected chi connectivity index (χ1v) is 7.39. The van der Waals surface area contributed by atoms with Crippen molar-refractivity contribution in [3.05, 3.63) is 24.0 Å². The minimum Gasteiger partial charge on any atom is -0.497 e. The van der Waals surface area contributed by atoms with Crippen molar-refractivity contribution >= 4 is 28.5 Å². The Morgan fingerprint density at radius 3 is 2.81 bits per heavy atom. The van der Waals surface area contributed by atoms with E-state index in [0.717, 1.165) is 22.6 Å². The van der Waals surface area contributed by atoms with Crippen molar-refractivity contribution in [3.63, 3.8) is 0 Å². The minimum absolute atomic E-state index is 0.0992. The second kappa shape index (κ2) is 6.80. The SMILES string of the molecule is COc1ccc2c(c1)nc(CCCl)n2CCC(=O)N(C)C. The summed E-state index contributed by atoms with van der Waals surface area (Å²) in [5.41, 5.74) is 1.87. The lowest BCUT2D eigenvalue weighted by atomic mass is 10.3. The molecule has 0 saturated carbocycles. The highest BCUT2D eigenvalue weighted by Gasteiger charge is 2.13. The van der Waals surface area contributed by atoms with Crippen molar-refractivity contribution < 1.29 is 9.53 Å². The highest BCUT2D eigenvalue weighted by molar-refractivity contribution is 6.17. The Kier molecular flexibility index (Phi) is 5.07. The van der Waals surface area contributed by atoms with E-state index in [1.165, 1.54) is 0 Å². The van der Waals surface area contributed by atoms with E-state index in [4.69, 9.17) is 16.3 Å². The molecule has 2 rings (SSSR count). The summed E-state index contributed by atoms with van der Waals surface area (Å²) < 4.78 is 7.29. The number of aromatic nitrogens is 2. The number of imidazole rings is 1. The zero-order valence-corrected chi connectivity index (χ0v) is 13.4. The molecule has 5 nitrogen and oxygen atoms in total. The number of hydrogen-bond donors (Lipinski definition) is 0. The van der Waals surface area contributed by atoms with Crippen LogP contribution < -0.4 is 4.74 Å². The molecule has 1 amide bonds. The van der Waals surface area contributed by atoms with Gasteiger partial charge in [-0.3, -0.25) is 4.79 Å². The van der Waals surface area contributed by atoms with E-state index in [2.05, 4.69) is 9.55 Å². The molecular weight excluding hydrogens is 290 g/mol. The number of benzene rings is 1. The number of amides is 1. The maximum Gasteiger partial charge on any atom is 0.223 e. The Morgan fingerprint density at radius 1 is 1.43 bits per heavy atom. The van der Waals surface area contributed by atoms with E-state index < -0.39 is 0 Å². The smallest absolute Gasteiger partial charge is 0.223 e. The lowest BCUT2D eigenvalue weighted by Crippen LogP contribution is -2.23. The molecular formula is C15H20ClN3O2. The molecule has 1 heterocycles. The summed E-state index contributed by atoms with van der Waals surface area (Å²) in [6.07, 6.45) is 1.12. The fourth-order valence-electron chi connectivity index (χ4n) is 2.24. The summed E-state index contributed by atoms with van der Waals surface area (Å²) in [6.45, 7) is 0.603. The third-order valence-corrected chi connectivity index (χ3v) is 3.59. The summed E-state index contributed by atoms with van der Waals surface area (Å²) in [5, 5.41) is 0. The van der Waals surface area contributed by atoms with Crippen molar-refractivity contribution in [2.45, 2.75) is 19.4 Å². The van der Waals surface area contributed by atoms with Gasteiger partial charge in [0.15, 0.2) is 0 Å². The maximum atomic E-state index is 11.8. The fourth-order valence-corrected chi connectivity index (χ4v) is 2.41. The normalized spacial score (nSPS) is 10.9. The average molecular weight is 310 g/mol. The van der Waals surface area contributed by atoms with Crippen LogP contribution in [0.25, 0.3) is 11.0 Å². The molecule has 0 unspecified atom stereocenters. The summed E-state index contributed by atoms with van der Waals surface area (Å²) >= 11 is 5.85. The molecule has 2 aromatic rings. The number of hydrogen-bond acceptors (Lipinski definition) is 3. The summed E-state index contributed by atoms with van der Waals surface area (Å²) in [5.74, 6) is 2.28. The van der Waals surface area contributed by atoms with Gasteiger partial charge in [-0.15, -0.1) is 11.6 Å². The molecule has 0 aliphatic carbocycles. The first-order chi connectivity index (χ1) is 10.1. The monoisotopic (exact) mass is 309 g/mol. The molecule has 0 aliphatic rings.